The summed E-state index contributed by atoms with van der Waals surface area (Å²) in [6.07, 6.45) is 2.62. The number of nitrogens with two attached hydrogens (primary N) is 1. The minimum atomic E-state index is -3.73. The third kappa shape index (κ3) is 2.91. The minimum Gasteiger partial charge on any atom is -0.444 e. The van der Waals surface area contributed by atoms with Crippen LogP contribution < -0.4 is 10.5 Å². The van der Waals surface area contributed by atoms with Gasteiger partial charge in [0.2, 0.25) is 15.9 Å². The Labute approximate surface area is 110 Å². The molecule has 19 heavy (non-hydrogen) atoms. The number of hydrogen-bond acceptors (Lipinski definition) is 6. The number of pyridine rings is 1. The molecule has 2 aromatic heterocycles. The van der Waals surface area contributed by atoms with Crippen molar-refractivity contribution in [1.29, 1.82) is 0 Å². The predicted molar refractivity (Wildman–Crippen MR) is 68.7 cm³/mol. The number of aryl methyl sites for hydroxylation is 2. The van der Waals surface area contributed by atoms with Crippen molar-refractivity contribution < 1.29 is 12.8 Å². The smallest absolute Gasteiger partial charge is 0.244 e. The van der Waals surface area contributed by atoms with Crippen LogP contribution in [0.3, 0.4) is 0 Å². The van der Waals surface area contributed by atoms with Crippen LogP contribution in [0, 0.1) is 13.8 Å². The summed E-state index contributed by atoms with van der Waals surface area (Å²) in [6, 6.07) is 1.42. The van der Waals surface area contributed by atoms with Gasteiger partial charge in [-0.3, -0.25) is 4.98 Å². The highest BCUT2D eigenvalue weighted by molar-refractivity contribution is 7.89. The molecule has 0 atom stereocenters. The van der Waals surface area contributed by atoms with Gasteiger partial charge in [0.25, 0.3) is 0 Å². The van der Waals surface area contributed by atoms with E-state index in [2.05, 4.69) is 14.7 Å². The maximum atomic E-state index is 12.0. The molecule has 0 unspecified atom stereocenters. The molecule has 8 heteroatoms. The fraction of sp³-hybridized carbons (Fsp3) is 0.273. The number of nitrogens with zero attached hydrogens (tertiary/aromatic N) is 2. The first-order chi connectivity index (χ1) is 8.90. The number of rotatable bonds is 4. The summed E-state index contributed by atoms with van der Waals surface area (Å²) in [4.78, 5) is 7.78. The van der Waals surface area contributed by atoms with Crippen LogP contribution in [0.1, 0.15) is 17.3 Å². The molecule has 2 aromatic rings. The SMILES string of the molecule is Cc1nc(CNS(=O)(=O)c2cnccc2N)oc1C. The van der Waals surface area contributed by atoms with Gasteiger partial charge in [0, 0.05) is 12.4 Å². The highest BCUT2D eigenvalue weighted by atomic mass is 32.2. The van der Waals surface area contributed by atoms with Crippen LogP contribution in [0.2, 0.25) is 0 Å². The number of hydrogen-bond donors (Lipinski definition) is 2. The topological polar surface area (TPSA) is 111 Å². The Morgan fingerprint density at radius 3 is 2.74 bits per heavy atom. The second-order valence-electron chi connectivity index (χ2n) is 3.99. The molecule has 0 saturated carbocycles. The number of anilines is 1. The van der Waals surface area contributed by atoms with Crippen LogP contribution in [0.5, 0.6) is 0 Å². The summed E-state index contributed by atoms with van der Waals surface area (Å²) in [5.74, 6) is 0.969. The number of nitrogens with one attached hydrogen (secondary N) is 1. The Bertz CT molecular complexity index is 674. The summed E-state index contributed by atoms with van der Waals surface area (Å²) < 4.78 is 31.7. The highest BCUT2D eigenvalue weighted by Gasteiger charge is 2.18. The molecule has 102 valence electrons. The van der Waals surface area contributed by atoms with E-state index in [9.17, 15) is 8.42 Å². The first-order valence-corrected chi connectivity index (χ1v) is 7.00. The lowest BCUT2D eigenvalue weighted by molar-refractivity contribution is 0.463. The lowest BCUT2D eigenvalue weighted by Crippen LogP contribution is -2.24. The fourth-order valence-electron chi connectivity index (χ4n) is 1.46. The molecule has 0 aromatic carbocycles. The standard InChI is InChI=1S/C11H14N4O3S/c1-7-8(2)18-11(15-7)6-14-19(16,17)10-5-13-4-3-9(10)12/h3-5,14H,6H2,1-2H3,(H2,12,13). The van der Waals surface area contributed by atoms with Crippen molar-refractivity contribution >= 4 is 15.7 Å². The average molecular weight is 282 g/mol. The van der Waals surface area contributed by atoms with E-state index in [4.69, 9.17) is 10.2 Å². The average Bonchev–Trinajstić information content (AvgIpc) is 2.67. The van der Waals surface area contributed by atoms with Gasteiger partial charge in [-0.05, 0) is 19.9 Å². The Balaban J connectivity index is 2.17. The van der Waals surface area contributed by atoms with Crippen LogP contribution in [-0.4, -0.2) is 18.4 Å². The van der Waals surface area contributed by atoms with E-state index in [-0.39, 0.29) is 17.1 Å². The van der Waals surface area contributed by atoms with Crippen molar-refractivity contribution in [3.8, 4) is 0 Å². The van der Waals surface area contributed by atoms with Crippen molar-refractivity contribution in [2.24, 2.45) is 0 Å². The Morgan fingerprint density at radius 1 is 1.42 bits per heavy atom. The van der Waals surface area contributed by atoms with Crippen molar-refractivity contribution in [1.82, 2.24) is 14.7 Å². The predicted octanol–water partition coefficient (Wildman–Crippen LogP) is 0.747. The molecule has 0 radical (unpaired) electrons. The van der Waals surface area contributed by atoms with Gasteiger partial charge in [0.15, 0.2) is 0 Å². The highest BCUT2D eigenvalue weighted by Crippen LogP contribution is 2.16. The van der Waals surface area contributed by atoms with E-state index in [1.54, 1.807) is 13.8 Å². The molecule has 3 N–H and O–H groups in total. The summed E-state index contributed by atoms with van der Waals surface area (Å²) in [5, 5.41) is 0. The maximum absolute atomic E-state index is 12.0. The number of sulfonamides is 1. The van der Waals surface area contributed by atoms with Gasteiger partial charge in [-0.1, -0.05) is 0 Å². The fourth-order valence-corrected chi connectivity index (χ4v) is 2.51. The number of aromatic nitrogens is 2. The molecular formula is C11H14N4O3S. The molecule has 2 rings (SSSR count). The first kappa shape index (κ1) is 13.5. The summed E-state index contributed by atoms with van der Waals surface area (Å²) in [7, 11) is -3.73. The van der Waals surface area contributed by atoms with Crippen molar-refractivity contribution in [3.05, 3.63) is 35.8 Å². The quantitative estimate of drug-likeness (QED) is 0.855. The zero-order chi connectivity index (χ0) is 14.0. The molecule has 0 spiro atoms. The third-order valence-corrected chi connectivity index (χ3v) is 4.04. The van der Waals surface area contributed by atoms with Gasteiger partial charge < -0.3 is 10.2 Å². The van der Waals surface area contributed by atoms with E-state index < -0.39 is 10.0 Å². The number of nitrogen functional groups attached to an aromatic ring is 1. The van der Waals surface area contributed by atoms with E-state index >= 15 is 0 Å². The molecule has 0 fully saturated rings. The third-order valence-electron chi connectivity index (χ3n) is 2.59. The molecule has 0 bridgehead atoms. The lowest BCUT2D eigenvalue weighted by Gasteiger charge is -2.06. The first-order valence-electron chi connectivity index (χ1n) is 5.52. The van der Waals surface area contributed by atoms with Gasteiger partial charge in [0.1, 0.15) is 10.7 Å². The lowest BCUT2D eigenvalue weighted by atomic mass is 10.4. The van der Waals surface area contributed by atoms with Crippen molar-refractivity contribution in [3.63, 3.8) is 0 Å². The summed E-state index contributed by atoms with van der Waals surface area (Å²) >= 11 is 0. The molecule has 0 saturated heterocycles. The molecule has 0 aliphatic carbocycles. The molecular weight excluding hydrogens is 268 g/mol. The maximum Gasteiger partial charge on any atom is 0.244 e. The summed E-state index contributed by atoms with van der Waals surface area (Å²) in [5.41, 5.74) is 6.48. The van der Waals surface area contributed by atoms with Crippen LogP contribution in [0.4, 0.5) is 5.69 Å². The van der Waals surface area contributed by atoms with Gasteiger partial charge in [0.05, 0.1) is 17.9 Å². The van der Waals surface area contributed by atoms with Crippen LogP contribution in [0.25, 0.3) is 0 Å². The van der Waals surface area contributed by atoms with Crippen molar-refractivity contribution in [2.75, 3.05) is 5.73 Å². The van der Waals surface area contributed by atoms with Crippen LogP contribution in [-0.2, 0) is 16.6 Å². The monoisotopic (exact) mass is 282 g/mol. The van der Waals surface area contributed by atoms with E-state index in [1.807, 2.05) is 0 Å². The molecule has 7 nitrogen and oxygen atoms in total. The van der Waals surface area contributed by atoms with Gasteiger partial charge in [-0.2, -0.15) is 0 Å². The minimum absolute atomic E-state index is 0.0364. The second kappa shape index (κ2) is 4.98. The Morgan fingerprint density at radius 2 is 2.16 bits per heavy atom. The molecule has 0 amide bonds. The summed E-state index contributed by atoms with van der Waals surface area (Å²) in [6.45, 7) is 3.51. The van der Waals surface area contributed by atoms with E-state index in [1.165, 1.54) is 18.5 Å². The molecule has 0 aliphatic rings. The second-order valence-corrected chi connectivity index (χ2v) is 5.72. The molecule has 0 aliphatic heterocycles. The normalized spacial score (nSPS) is 11.7. The zero-order valence-electron chi connectivity index (χ0n) is 10.5. The van der Waals surface area contributed by atoms with Crippen LogP contribution in [0.15, 0.2) is 27.8 Å². The van der Waals surface area contributed by atoms with E-state index in [0.29, 0.717) is 11.7 Å². The Kier molecular flexibility index (Phi) is 3.54. The van der Waals surface area contributed by atoms with Crippen LogP contribution >= 0.6 is 0 Å². The number of oxazole rings is 1. The van der Waals surface area contributed by atoms with E-state index in [0.717, 1.165) is 5.69 Å². The molecule has 2 heterocycles. The van der Waals surface area contributed by atoms with Gasteiger partial charge in [-0.15, -0.1) is 0 Å². The van der Waals surface area contributed by atoms with Crippen molar-refractivity contribution in [2.45, 2.75) is 25.3 Å². The van der Waals surface area contributed by atoms with Gasteiger partial charge >= 0.3 is 0 Å². The van der Waals surface area contributed by atoms with Gasteiger partial charge in [-0.25, -0.2) is 18.1 Å². The Hall–Kier alpha value is -1.93. The largest absolute Gasteiger partial charge is 0.444 e. The zero-order valence-corrected chi connectivity index (χ0v) is 11.4.